The van der Waals surface area contributed by atoms with Crippen LogP contribution in [-0.2, 0) is 9.31 Å². The zero-order chi connectivity index (χ0) is 14.4. The van der Waals surface area contributed by atoms with Crippen molar-refractivity contribution in [3.05, 3.63) is 17.7 Å². The first-order valence-corrected chi connectivity index (χ1v) is 6.64. The van der Waals surface area contributed by atoms with Crippen molar-refractivity contribution in [2.45, 2.75) is 45.8 Å². The fraction of sp³-hybridized carbons (Fsp3) is 0.643. The molecular weight excluding hydrogens is 239 g/mol. The second-order valence-corrected chi connectivity index (χ2v) is 6.41. The normalized spacial score (nSPS) is 20.7. The maximum Gasteiger partial charge on any atom is 0.514 e. The van der Waals surface area contributed by atoms with Gasteiger partial charge in [-0.3, -0.25) is 0 Å². The topological polar surface area (TPSA) is 34.6 Å². The van der Waals surface area contributed by atoms with Gasteiger partial charge in [0.2, 0.25) is 0 Å². The maximum atomic E-state index is 6.04. The van der Waals surface area contributed by atoms with Crippen molar-refractivity contribution >= 4 is 18.5 Å². The molecule has 1 aliphatic rings. The summed E-state index contributed by atoms with van der Waals surface area (Å²) >= 11 is 0. The highest BCUT2D eigenvalue weighted by molar-refractivity contribution is 6.61. The van der Waals surface area contributed by atoms with E-state index in [1.807, 2.05) is 25.1 Å². The highest BCUT2D eigenvalue weighted by Crippen LogP contribution is 2.36. The Morgan fingerprint density at radius 1 is 1.05 bits per heavy atom. The first-order valence-electron chi connectivity index (χ1n) is 6.64. The number of nitrogens with zero attached hydrogens (tertiary/aromatic N) is 2. The van der Waals surface area contributed by atoms with E-state index in [0.29, 0.717) is 0 Å². The predicted molar refractivity (Wildman–Crippen MR) is 79.0 cm³/mol. The first kappa shape index (κ1) is 14.3. The van der Waals surface area contributed by atoms with Crippen molar-refractivity contribution < 1.29 is 9.31 Å². The van der Waals surface area contributed by atoms with Crippen molar-refractivity contribution in [3.8, 4) is 0 Å². The fourth-order valence-electron chi connectivity index (χ4n) is 1.99. The van der Waals surface area contributed by atoms with E-state index in [0.717, 1.165) is 17.0 Å². The third kappa shape index (κ3) is 2.62. The van der Waals surface area contributed by atoms with Crippen molar-refractivity contribution in [2.24, 2.45) is 0 Å². The second kappa shape index (κ2) is 4.49. The molecule has 0 bridgehead atoms. The van der Waals surface area contributed by atoms with E-state index in [1.54, 1.807) is 0 Å². The van der Waals surface area contributed by atoms with Gasteiger partial charge in [0.1, 0.15) is 5.82 Å². The van der Waals surface area contributed by atoms with Crippen LogP contribution in [0.3, 0.4) is 0 Å². The van der Waals surface area contributed by atoms with Gasteiger partial charge in [-0.2, -0.15) is 0 Å². The van der Waals surface area contributed by atoms with E-state index < -0.39 is 7.12 Å². The smallest absolute Gasteiger partial charge is 0.398 e. The minimum atomic E-state index is -0.399. The number of hydrogen-bond acceptors (Lipinski definition) is 4. The lowest BCUT2D eigenvalue weighted by Crippen LogP contribution is -2.41. The number of aromatic nitrogens is 1. The Bertz CT molecular complexity index is 470. The summed E-state index contributed by atoms with van der Waals surface area (Å²) in [4.78, 5) is 6.61. The minimum absolute atomic E-state index is 0.332. The van der Waals surface area contributed by atoms with Crippen molar-refractivity contribution in [1.29, 1.82) is 0 Å². The third-order valence-corrected chi connectivity index (χ3v) is 3.93. The Labute approximate surface area is 116 Å². The standard InChI is InChI=1S/C14H23BN2O2/c1-10-8-11(16-12(9-10)17(6)7)15-18-13(2,3)14(4,5)19-15/h8-9H,1-7H3. The zero-order valence-corrected chi connectivity index (χ0v) is 12.9. The van der Waals surface area contributed by atoms with E-state index >= 15 is 0 Å². The van der Waals surface area contributed by atoms with Gasteiger partial charge < -0.3 is 14.2 Å². The molecule has 1 aromatic heterocycles. The molecule has 1 aliphatic heterocycles. The SMILES string of the molecule is Cc1cc(B2OC(C)(C)C(C)(C)O2)nc(N(C)C)c1. The molecule has 0 amide bonds. The van der Waals surface area contributed by atoms with Gasteiger partial charge in [-0.25, -0.2) is 4.98 Å². The van der Waals surface area contributed by atoms with Crippen molar-refractivity contribution in [3.63, 3.8) is 0 Å². The highest BCUT2D eigenvalue weighted by atomic mass is 16.7. The molecule has 0 aliphatic carbocycles. The van der Waals surface area contributed by atoms with Crippen LogP contribution in [-0.4, -0.2) is 37.4 Å². The molecule has 0 spiro atoms. The molecule has 0 saturated carbocycles. The van der Waals surface area contributed by atoms with Crippen molar-refractivity contribution in [2.75, 3.05) is 19.0 Å². The molecule has 0 atom stereocenters. The molecule has 2 rings (SSSR count). The number of rotatable bonds is 2. The Hall–Kier alpha value is -1.07. The molecule has 0 unspecified atom stereocenters. The van der Waals surface area contributed by atoms with Crippen molar-refractivity contribution in [1.82, 2.24) is 4.98 Å². The largest absolute Gasteiger partial charge is 0.514 e. The summed E-state index contributed by atoms with van der Waals surface area (Å²) in [6, 6.07) is 4.07. The van der Waals surface area contributed by atoms with Crippen LogP contribution in [0.2, 0.25) is 0 Å². The van der Waals surface area contributed by atoms with Gasteiger partial charge in [0.25, 0.3) is 0 Å². The van der Waals surface area contributed by atoms with Crippen LogP contribution in [0.1, 0.15) is 33.3 Å². The van der Waals surface area contributed by atoms with Crippen LogP contribution >= 0.6 is 0 Å². The molecule has 4 nitrogen and oxygen atoms in total. The number of anilines is 1. The summed E-state index contributed by atoms with van der Waals surface area (Å²) in [6.45, 7) is 10.3. The average molecular weight is 262 g/mol. The Morgan fingerprint density at radius 3 is 2.05 bits per heavy atom. The fourth-order valence-corrected chi connectivity index (χ4v) is 1.99. The summed E-state index contributed by atoms with van der Waals surface area (Å²) in [5.74, 6) is 0.921. The Kier molecular flexibility index (Phi) is 3.39. The van der Waals surface area contributed by atoms with Crippen LogP contribution in [0.25, 0.3) is 0 Å². The zero-order valence-electron chi connectivity index (χ0n) is 12.9. The van der Waals surface area contributed by atoms with E-state index in [9.17, 15) is 0 Å². The van der Waals surface area contributed by atoms with Gasteiger partial charge in [0, 0.05) is 14.1 Å². The van der Waals surface area contributed by atoms with Crippen LogP contribution in [0.4, 0.5) is 5.82 Å². The average Bonchev–Trinajstić information content (AvgIpc) is 2.47. The Balaban J connectivity index is 2.34. The maximum absolute atomic E-state index is 6.04. The Morgan fingerprint density at radius 2 is 1.58 bits per heavy atom. The minimum Gasteiger partial charge on any atom is -0.398 e. The molecule has 0 aromatic carbocycles. The molecule has 1 aromatic rings. The van der Waals surface area contributed by atoms with E-state index in [2.05, 4.69) is 45.7 Å². The lowest BCUT2D eigenvalue weighted by atomic mass is 9.83. The molecular formula is C14H23BN2O2. The summed E-state index contributed by atoms with van der Waals surface area (Å²) in [7, 11) is 3.56. The van der Waals surface area contributed by atoms with Crippen LogP contribution < -0.4 is 10.5 Å². The third-order valence-electron chi connectivity index (χ3n) is 3.93. The predicted octanol–water partition coefficient (Wildman–Crippen LogP) is 1.76. The van der Waals surface area contributed by atoms with Crippen LogP contribution in [0, 0.1) is 6.92 Å². The van der Waals surface area contributed by atoms with Gasteiger partial charge in [0.15, 0.2) is 0 Å². The van der Waals surface area contributed by atoms with Crippen LogP contribution in [0.15, 0.2) is 12.1 Å². The number of hydrogen-bond donors (Lipinski definition) is 0. The van der Waals surface area contributed by atoms with Gasteiger partial charge in [-0.15, -0.1) is 0 Å². The second-order valence-electron chi connectivity index (χ2n) is 6.41. The van der Waals surface area contributed by atoms with Gasteiger partial charge in [-0.05, 0) is 52.3 Å². The van der Waals surface area contributed by atoms with Crippen LogP contribution in [0.5, 0.6) is 0 Å². The highest BCUT2D eigenvalue weighted by Gasteiger charge is 2.52. The first-order chi connectivity index (χ1) is 8.62. The lowest BCUT2D eigenvalue weighted by Gasteiger charge is -2.32. The lowest BCUT2D eigenvalue weighted by molar-refractivity contribution is 0.00578. The number of aryl methyl sites for hydroxylation is 1. The van der Waals surface area contributed by atoms with Gasteiger partial charge >= 0.3 is 7.12 Å². The summed E-state index contributed by atoms with van der Waals surface area (Å²) in [6.07, 6.45) is 0. The molecule has 2 heterocycles. The number of pyridine rings is 1. The summed E-state index contributed by atoms with van der Waals surface area (Å²) in [5, 5.41) is 0. The monoisotopic (exact) mass is 262 g/mol. The summed E-state index contributed by atoms with van der Waals surface area (Å²) < 4.78 is 12.1. The van der Waals surface area contributed by atoms with E-state index in [4.69, 9.17) is 9.31 Å². The molecule has 19 heavy (non-hydrogen) atoms. The van der Waals surface area contributed by atoms with E-state index in [1.165, 1.54) is 0 Å². The van der Waals surface area contributed by atoms with E-state index in [-0.39, 0.29) is 11.2 Å². The molecule has 5 heteroatoms. The molecule has 104 valence electrons. The van der Waals surface area contributed by atoms with Gasteiger partial charge in [0.05, 0.1) is 16.8 Å². The molecule has 0 radical (unpaired) electrons. The molecule has 1 saturated heterocycles. The van der Waals surface area contributed by atoms with Gasteiger partial charge in [-0.1, -0.05) is 0 Å². The molecule has 1 fully saturated rings. The quantitative estimate of drug-likeness (QED) is 0.760. The molecule has 0 N–H and O–H groups in total. The summed E-state index contributed by atoms with van der Waals surface area (Å²) in [5.41, 5.74) is 1.33.